The number of aliphatic imine (C=N–C) groups is 1. The van der Waals surface area contributed by atoms with Crippen LogP contribution >= 0.6 is 0 Å². The van der Waals surface area contributed by atoms with Gasteiger partial charge in [-0.1, -0.05) is 19.9 Å². The molecule has 0 amide bonds. The molecule has 160 valence electrons. The van der Waals surface area contributed by atoms with E-state index in [0.717, 1.165) is 12.8 Å². The van der Waals surface area contributed by atoms with Gasteiger partial charge in [-0.2, -0.15) is 0 Å². The molecule has 1 atom stereocenters. The molecule has 1 aromatic carbocycles. The molecule has 1 rings (SSSR count). The summed E-state index contributed by atoms with van der Waals surface area (Å²) in [6.07, 6.45) is 2.55. The molecule has 0 aliphatic heterocycles. The highest BCUT2D eigenvalue weighted by Crippen LogP contribution is 2.30. The first-order chi connectivity index (χ1) is 13.3. The Morgan fingerprint density at radius 2 is 1.75 bits per heavy atom. The maximum absolute atomic E-state index is 14.3. The van der Waals surface area contributed by atoms with E-state index in [4.69, 9.17) is 4.99 Å². The molecule has 0 saturated heterocycles. The number of rotatable bonds is 11. The third-order valence-electron chi connectivity index (χ3n) is 5.48. The average Bonchev–Trinajstić information content (AvgIpc) is 2.66. The maximum atomic E-state index is 14.3. The van der Waals surface area contributed by atoms with E-state index >= 15 is 0 Å². The molecule has 0 aliphatic carbocycles. The largest absolute Gasteiger partial charge is 0.396 e. The van der Waals surface area contributed by atoms with Gasteiger partial charge in [-0.25, -0.2) is 8.78 Å². The topological polar surface area (TPSA) is 59.9 Å². The summed E-state index contributed by atoms with van der Waals surface area (Å²) in [7, 11) is 3.59. The van der Waals surface area contributed by atoms with Crippen molar-refractivity contribution in [2.75, 3.05) is 40.3 Å². The first-order valence-corrected chi connectivity index (χ1v) is 10.1. The SMILES string of the molecule is CCNC(=NCC(CC)(CC)CCO)NCC(c1c(F)cccc1F)N(C)C. The molecule has 0 aromatic heterocycles. The van der Waals surface area contributed by atoms with E-state index in [1.165, 1.54) is 18.2 Å². The Balaban J connectivity index is 2.98. The summed E-state index contributed by atoms with van der Waals surface area (Å²) in [5.74, 6) is -0.502. The number of likely N-dealkylation sites (N-methyl/N-ethyl adjacent to an activating group) is 1. The lowest BCUT2D eigenvalue weighted by molar-refractivity contribution is 0.175. The summed E-state index contributed by atoms with van der Waals surface area (Å²) >= 11 is 0. The summed E-state index contributed by atoms with van der Waals surface area (Å²) in [5, 5.41) is 15.8. The second-order valence-corrected chi connectivity index (χ2v) is 7.37. The maximum Gasteiger partial charge on any atom is 0.191 e. The van der Waals surface area contributed by atoms with E-state index < -0.39 is 17.7 Å². The Bertz CT molecular complexity index is 598. The van der Waals surface area contributed by atoms with Crippen LogP contribution in [0.25, 0.3) is 0 Å². The minimum atomic E-state index is -0.554. The van der Waals surface area contributed by atoms with Crippen LogP contribution in [0.5, 0.6) is 0 Å². The summed E-state index contributed by atoms with van der Waals surface area (Å²) in [4.78, 5) is 6.48. The minimum Gasteiger partial charge on any atom is -0.396 e. The normalized spacial score (nSPS) is 13.7. The van der Waals surface area contributed by atoms with Crippen molar-refractivity contribution in [1.29, 1.82) is 0 Å². The van der Waals surface area contributed by atoms with Crippen LogP contribution in [0.15, 0.2) is 23.2 Å². The quantitative estimate of drug-likeness (QED) is 0.395. The van der Waals surface area contributed by atoms with Crippen LogP contribution in [0.3, 0.4) is 0 Å². The van der Waals surface area contributed by atoms with E-state index in [1.54, 1.807) is 19.0 Å². The fraction of sp³-hybridized carbons (Fsp3) is 0.667. The smallest absolute Gasteiger partial charge is 0.191 e. The van der Waals surface area contributed by atoms with Gasteiger partial charge in [0.15, 0.2) is 5.96 Å². The van der Waals surface area contributed by atoms with Crippen LogP contribution in [-0.2, 0) is 0 Å². The molecular formula is C21H36F2N4O. The van der Waals surface area contributed by atoms with Crippen molar-refractivity contribution in [2.45, 2.75) is 46.1 Å². The molecule has 0 radical (unpaired) electrons. The number of benzene rings is 1. The molecule has 3 N–H and O–H groups in total. The standard InChI is InChI=1S/C21H36F2N4O/c1-6-21(7-2,12-13-28)15-26-20(24-8-3)25-14-18(27(4)5)19-16(22)10-9-11-17(19)23/h9-11,18,28H,6-8,12-15H2,1-5H3,(H2,24,25,26). The molecule has 0 heterocycles. The molecule has 0 bridgehead atoms. The Labute approximate surface area is 168 Å². The number of aliphatic hydroxyl groups is 1. The number of nitrogens with zero attached hydrogens (tertiary/aromatic N) is 2. The molecular weight excluding hydrogens is 362 g/mol. The van der Waals surface area contributed by atoms with E-state index in [9.17, 15) is 13.9 Å². The van der Waals surface area contributed by atoms with Crippen LogP contribution in [0.1, 0.15) is 51.6 Å². The number of hydrogen-bond acceptors (Lipinski definition) is 3. The second-order valence-electron chi connectivity index (χ2n) is 7.37. The molecule has 1 unspecified atom stereocenters. The molecule has 5 nitrogen and oxygen atoms in total. The summed E-state index contributed by atoms with van der Waals surface area (Å²) in [5.41, 5.74) is 0.00276. The second kappa shape index (κ2) is 12.0. The van der Waals surface area contributed by atoms with Crippen molar-refractivity contribution in [2.24, 2.45) is 10.4 Å². The summed E-state index contributed by atoms with van der Waals surface area (Å²) in [6.45, 7) is 7.89. The van der Waals surface area contributed by atoms with Gasteiger partial charge in [0.2, 0.25) is 0 Å². The fourth-order valence-corrected chi connectivity index (χ4v) is 3.30. The zero-order valence-corrected chi connectivity index (χ0v) is 17.9. The molecule has 0 saturated carbocycles. The van der Waals surface area contributed by atoms with E-state index in [-0.39, 0.29) is 17.6 Å². The van der Waals surface area contributed by atoms with Crippen LogP contribution in [-0.4, -0.2) is 56.3 Å². The highest BCUT2D eigenvalue weighted by Gasteiger charge is 2.26. The Kier molecular flexibility index (Phi) is 10.4. The zero-order valence-electron chi connectivity index (χ0n) is 17.9. The number of guanidine groups is 1. The summed E-state index contributed by atoms with van der Waals surface area (Å²) in [6, 6.07) is 3.44. The van der Waals surface area contributed by atoms with Crippen molar-refractivity contribution < 1.29 is 13.9 Å². The number of halogens is 2. The molecule has 1 aromatic rings. The fourth-order valence-electron chi connectivity index (χ4n) is 3.30. The van der Waals surface area contributed by atoms with Gasteiger partial charge in [0.25, 0.3) is 0 Å². The Morgan fingerprint density at radius 3 is 2.21 bits per heavy atom. The first kappa shape index (κ1) is 24.3. The molecule has 0 fully saturated rings. The highest BCUT2D eigenvalue weighted by atomic mass is 19.1. The van der Waals surface area contributed by atoms with Gasteiger partial charge in [-0.15, -0.1) is 0 Å². The van der Waals surface area contributed by atoms with Crippen LogP contribution in [0.4, 0.5) is 8.78 Å². The zero-order chi connectivity index (χ0) is 21.2. The Hall–Kier alpha value is -1.73. The van der Waals surface area contributed by atoms with Gasteiger partial charge in [-0.3, -0.25) is 4.99 Å². The lowest BCUT2D eigenvalue weighted by atomic mass is 9.79. The van der Waals surface area contributed by atoms with E-state index in [0.29, 0.717) is 32.0 Å². The lowest BCUT2D eigenvalue weighted by Crippen LogP contribution is -2.43. The molecule has 28 heavy (non-hydrogen) atoms. The van der Waals surface area contributed by atoms with Crippen molar-refractivity contribution in [3.05, 3.63) is 35.4 Å². The molecule has 7 heteroatoms. The van der Waals surface area contributed by atoms with Crippen molar-refractivity contribution >= 4 is 5.96 Å². The number of nitrogens with one attached hydrogen (secondary N) is 2. The van der Waals surface area contributed by atoms with E-state index in [2.05, 4.69) is 24.5 Å². The van der Waals surface area contributed by atoms with E-state index in [1.807, 2.05) is 6.92 Å². The van der Waals surface area contributed by atoms with Crippen LogP contribution in [0, 0.1) is 17.0 Å². The van der Waals surface area contributed by atoms with Gasteiger partial charge in [0.05, 0.1) is 6.04 Å². The van der Waals surface area contributed by atoms with Gasteiger partial charge >= 0.3 is 0 Å². The highest BCUT2D eigenvalue weighted by molar-refractivity contribution is 5.79. The third-order valence-corrected chi connectivity index (χ3v) is 5.48. The predicted octanol–water partition coefficient (Wildman–Crippen LogP) is 3.31. The molecule has 0 spiro atoms. The first-order valence-electron chi connectivity index (χ1n) is 10.1. The van der Waals surface area contributed by atoms with Crippen LogP contribution in [0.2, 0.25) is 0 Å². The van der Waals surface area contributed by atoms with Crippen molar-refractivity contribution in [3.63, 3.8) is 0 Å². The number of hydrogen-bond donors (Lipinski definition) is 3. The van der Waals surface area contributed by atoms with Crippen molar-refractivity contribution in [3.8, 4) is 0 Å². The summed E-state index contributed by atoms with van der Waals surface area (Å²) < 4.78 is 28.5. The average molecular weight is 399 g/mol. The third kappa shape index (κ3) is 6.71. The predicted molar refractivity (Wildman–Crippen MR) is 111 cm³/mol. The Morgan fingerprint density at radius 1 is 1.14 bits per heavy atom. The van der Waals surface area contributed by atoms with Gasteiger partial charge in [-0.05, 0) is 57.8 Å². The molecule has 0 aliphatic rings. The van der Waals surface area contributed by atoms with Crippen molar-refractivity contribution in [1.82, 2.24) is 15.5 Å². The number of aliphatic hydroxyl groups excluding tert-OH is 1. The lowest BCUT2D eigenvalue weighted by Gasteiger charge is -2.30. The van der Waals surface area contributed by atoms with Gasteiger partial charge in [0, 0.05) is 31.8 Å². The van der Waals surface area contributed by atoms with Gasteiger partial charge < -0.3 is 20.6 Å². The van der Waals surface area contributed by atoms with Crippen LogP contribution < -0.4 is 10.6 Å². The minimum absolute atomic E-state index is 0.0459. The van der Waals surface area contributed by atoms with Gasteiger partial charge in [0.1, 0.15) is 11.6 Å². The monoisotopic (exact) mass is 398 g/mol.